The zero-order chi connectivity index (χ0) is 18.1. The number of aryl methyl sites for hydroxylation is 2. The lowest BCUT2D eigenvalue weighted by atomic mass is 10.2. The van der Waals surface area contributed by atoms with Gasteiger partial charge in [-0.15, -0.1) is 0 Å². The van der Waals surface area contributed by atoms with Crippen LogP contribution < -0.4 is 9.21 Å². The first-order valence-electron chi connectivity index (χ1n) is 7.55. The van der Waals surface area contributed by atoms with Crippen molar-refractivity contribution in [2.45, 2.75) is 25.7 Å². The van der Waals surface area contributed by atoms with E-state index < -0.39 is 10.0 Å². The number of benzene rings is 2. The van der Waals surface area contributed by atoms with Gasteiger partial charge in [-0.25, -0.2) is 8.42 Å². The number of hydrogen-bond donors (Lipinski definition) is 0. The lowest BCUT2D eigenvalue weighted by Gasteiger charge is -2.22. The summed E-state index contributed by atoms with van der Waals surface area (Å²) in [6.07, 6.45) is 0. The van der Waals surface area contributed by atoms with Crippen molar-refractivity contribution in [3.8, 4) is 0 Å². The summed E-state index contributed by atoms with van der Waals surface area (Å²) in [5, 5.41) is 0. The quantitative estimate of drug-likeness (QED) is 0.855. The highest BCUT2D eigenvalue weighted by molar-refractivity contribution is 7.92. The average molecular weight is 346 g/mol. The minimum Gasteiger partial charge on any atom is -0.316 e. The smallest absolute Gasteiger partial charge is 0.264 e. The number of carbonyl (C=O) groups excluding carboxylic acids is 1. The summed E-state index contributed by atoms with van der Waals surface area (Å²) in [5.41, 5.74) is 2.85. The molecule has 2 aromatic carbocycles. The van der Waals surface area contributed by atoms with E-state index in [0.29, 0.717) is 21.8 Å². The Hall–Kier alpha value is -2.34. The number of sulfonamides is 1. The minimum atomic E-state index is -3.64. The Morgan fingerprint density at radius 2 is 1.46 bits per heavy atom. The Morgan fingerprint density at radius 3 is 2.00 bits per heavy atom. The fourth-order valence-corrected chi connectivity index (χ4v) is 3.84. The van der Waals surface area contributed by atoms with Gasteiger partial charge in [0.25, 0.3) is 10.0 Å². The molecule has 0 aliphatic rings. The molecule has 0 N–H and O–H groups in total. The van der Waals surface area contributed by atoms with E-state index in [1.807, 2.05) is 13.0 Å². The maximum Gasteiger partial charge on any atom is 0.264 e. The topological polar surface area (TPSA) is 57.7 Å². The number of carbonyl (C=O) groups is 1. The van der Waals surface area contributed by atoms with E-state index in [2.05, 4.69) is 0 Å². The zero-order valence-corrected chi connectivity index (χ0v) is 15.4. The molecule has 2 rings (SSSR count). The van der Waals surface area contributed by atoms with Gasteiger partial charge < -0.3 is 4.90 Å². The molecule has 24 heavy (non-hydrogen) atoms. The van der Waals surface area contributed by atoms with Crippen LogP contribution in [0.1, 0.15) is 18.1 Å². The van der Waals surface area contributed by atoms with E-state index in [-0.39, 0.29) is 5.91 Å². The maximum atomic E-state index is 12.9. The molecule has 1 amide bonds. The Kier molecular flexibility index (Phi) is 4.99. The molecule has 0 aromatic heterocycles. The molecule has 0 unspecified atom stereocenters. The molecule has 0 bridgehead atoms. The predicted octanol–water partition coefficient (Wildman–Crippen LogP) is 3.11. The fraction of sp³-hybridized carbons (Fsp3) is 0.278. The molecule has 0 aliphatic heterocycles. The van der Waals surface area contributed by atoms with Gasteiger partial charge in [-0.3, -0.25) is 9.10 Å². The molecule has 0 heterocycles. The summed E-state index contributed by atoms with van der Waals surface area (Å²) < 4.78 is 27.0. The lowest BCUT2D eigenvalue weighted by Crippen LogP contribution is -2.27. The Labute approximate surface area is 143 Å². The molecule has 0 saturated heterocycles. The normalized spacial score (nSPS) is 11.2. The number of nitrogens with zero attached hydrogens (tertiary/aromatic N) is 2. The number of rotatable bonds is 4. The molecule has 5 nitrogen and oxygen atoms in total. The molecule has 2 aromatic rings. The summed E-state index contributed by atoms with van der Waals surface area (Å²) in [7, 11) is -0.439. The Balaban J connectivity index is 2.38. The molecule has 0 radical (unpaired) electrons. The molecule has 0 aliphatic carbocycles. The van der Waals surface area contributed by atoms with Gasteiger partial charge in [0.15, 0.2) is 0 Å². The van der Waals surface area contributed by atoms with Gasteiger partial charge in [0.2, 0.25) is 5.91 Å². The van der Waals surface area contributed by atoms with Gasteiger partial charge in [0.1, 0.15) is 0 Å². The van der Waals surface area contributed by atoms with Crippen molar-refractivity contribution >= 4 is 27.3 Å². The largest absolute Gasteiger partial charge is 0.316 e. The Bertz CT molecular complexity index is 858. The Morgan fingerprint density at radius 1 is 0.917 bits per heavy atom. The summed E-state index contributed by atoms with van der Waals surface area (Å²) in [4.78, 5) is 13.2. The molecule has 128 valence electrons. The highest BCUT2D eigenvalue weighted by atomic mass is 32.2. The van der Waals surface area contributed by atoms with Crippen LogP contribution in [0.15, 0.2) is 47.4 Å². The minimum absolute atomic E-state index is 0.0842. The highest BCUT2D eigenvalue weighted by Crippen LogP contribution is 2.26. The van der Waals surface area contributed by atoms with E-state index >= 15 is 0 Å². The van der Waals surface area contributed by atoms with Crippen molar-refractivity contribution in [3.05, 3.63) is 53.6 Å². The van der Waals surface area contributed by atoms with Crippen molar-refractivity contribution in [2.24, 2.45) is 0 Å². The van der Waals surface area contributed by atoms with Crippen LogP contribution in [0.25, 0.3) is 0 Å². The summed E-state index contributed by atoms with van der Waals surface area (Å²) >= 11 is 0. The van der Waals surface area contributed by atoms with Gasteiger partial charge in [-0.1, -0.05) is 12.1 Å². The number of hydrogen-bond acceptors (Lipinski definition) is 3. The molecule has 0 spiro atoms. The fourth-order valence-electron chi connectivity index (χ4n) is 2.34. The molecule has 0 saturated carbocycles. The predicted molar refractivity (Wildman–Crippen MR) is 97.0 cm³/mol. The summed E-state index contributed by atoms with van der Waals surface area (Å²) in [5.74, 6) is -0.0842. The third kappa shape index (κ3) is 3.43. The molecular weight excluding hydrogens is 324 g/mol. The van der Waals surface area contributed by atoms with E-state index in [4.69, 9.17) is 0 Å². The van der Waals surface area contributed by atoms with Crippen molar-refractivity contribution < 1.29 is 13.2 Å². The van der Waals surface area contributed by atoms with E-state index in [9.17, 15) is 13.2 Å². The first-order chi connectivity index (χ1) is 11.1. The van der Waals surface area contributed by atoms with Crippen molar-refractivity contribution in [1.82, 2.24) is 0 Å². The van der Waals surface area contributed by atoms with Gasteiger partial charge >= 0.3 is 0 Å². The van der Waals surface area contributed by atoms with E-state index in [0.717, 1.165) is 5.56 Å². The molecule has 0 atom stereocenters. The van der Waals surface area contributed by atoms with Crippen molar-refractivity contribution in [1.29, 1.82) is 0 Å². The average Bonchev–Trinajstić information content (AvgIpc) is 2.55. The standard InChI is InChI=1S/C18H22N2O3S/c1-13-6-7-14(2)18(12-13)24(22,23)20(5)17-10-8-16(9-11-17)19(4)15(3)21/h6-12H,1-5H3. The van der Waals surface area contributed by atoms with Crippen LogP contribution in [-0.4, -0.2) is 28.4 Å². The van der Waals surface area contributed by atoms with Crippen molar-refractivity contribution in [3.63, 3.8) is 0 Å². The number of amides is 1. The SMILES string of the molecule is CC(=O)N(C)c1ccc(N(C)S(=O)(=O)c2cc(C)ccc2C)cc1. The van der Waals surface area contributed by atoms with E-state index in [1.165, 1.54) is 23.2 Å². The summed E-state index contributed by atoms with van der Waals surface area (Å²) in [6.45, 7) is 5.13. The molecular formula is C18H22N2O3S. The molecule has 6 heteroatoms. The van der Waals surface area contributed by atoms with Crippen LogP contribution in [0.5, 0.6) is 0 Å². The monoisotopic (exact) mass is 346 g/mol. The molecule has 0 fully saturated rings. The maximum absolute atomic E-state index is 12.9. The van der Waals surface area contributed by atoms with Crippen LogP contribution in [0, 0.1) is 13.8 Å². The van der Waals surface area contributed by atoms with Gasteiger partial charge in [0.05, 0.1) is 10.6 Å². The second-order valence-electron chi connectivity index (χ2n) is 5.84. The van der Waals surface area contributed by atoms with Crippen LogP contribution in [-0.2, 0) is 14.8 Å². The lowest BCUT2D eigenvalue weighted by molar-refractivity contribution is -0.116. The van der Waals surface area contributed by atoms with E-state index in [1.54, 1.807) is 50.4 Å². The van der Waals surface area contributed by atoms with Crippen LogP contribution in [0.2, 0.25) is 0 Å². The number of anilines is 2. The van der Waals surface area contributed by atoms with Gasteiger partial charge in [-0.2, -0.15) is 0 Å². The van der Waals surface area contributed by atoms with Crippen molar-refractivity contribution in [2.75, 3.05) is 23.3 Å². The zero-order valence-electron chi connectivity index (χ0n) is 14.6. The highest BCUT2D eigenvalue weighted by Gasteiger charge is 2.23. The summed E-state index contributed by atoms with van der Waals surface area (Å²) in [6, 6.07) is 12.2. The third-order valence-electron chi connectivity index (χ3n) is 4.06. The van der Waals surface area contributed by atoms with Crippen LogP contribution >= 0.6 is 0 Å². The third-order valence-corrected chi connectivity index (χ3v) is 5.98. The van der Waals surface area contributed by atoms with Gasteiger partial charge in [0, 0.05) is 26.7 Å². The first-order valence-corrected chi connectivity index (χ1v) is 8.99. The first kappa shape index (κ1) is 18.0. The van der Waals surface area contributed by atoms with Gasteiger partial charge in [-0.05, 0) is 55.3 Å². The van der Waals surface area contributed by atoms with Crippen LogP contribution in [0.4, 0.5) is 11.4 Å². The second-order valence-corrected chi connectivity index (χ2v) is 7.77. The van der Waals surface area contributed by atoms with Crippen LogP contribution in [0.3, 0.4) is 0 Å². The second kappa shape index (κ2) is 6.65.